The molecule has 0 N–H and O–H groups in total. The summed E-state index contributed by atoms with van der Waals surface area (Å²) < 4.78 is 24.1. The Morgan fingerprint density at radius 3 is 2.19 bits per heavy atom. The highest BCUT2D eigenvalue weighted by atomic mass is 35.5. The lowest BCUT2D eigenvalue weighted by atomic mass is 10.2. The molecule has 0 spiro atoms. The van der Waals surface area contributed by atoms with Crippen LogP contribution in [0.15, 0.2) is 24.3 Å². The molecule has 0 amide bonds. The molecule has 6 heteroatoms. The molecule has 0 aromatic heterocycles. The molecule has 1 atom stereocenters. The first kappa shape index (κ1) is 19.1. The third-order valence-electron chi connectivity index (χ3n) is 2.83. The molecule has 21 heavy (non-hydrogen) atoms. The van der Waals surface area contributed by atoms with E-state index in [2.05, 4.69) is 6.92 Å². The molecule has 0 fully saturated rings. The van der Waals surface area contributed by atoms with Gasteiger partial charge in [0, 0.05) is 5.02 Å². The standard InChI is InChI=1S/C15H24ClO3PS/c1-4-7-12-21-15(13-8-10-14(16)11-9-13)20(17,18-5-2)19-6-3/h8-11,15H,4-7,12H2,1-3H3. The van der Waals surface area contributed by atoms with Crippen LogP contribution >= 0.6 is 31.0 Å². The Morgan fingerprint density at radius 1 is 1.14 bits per heavy atom. The van der Waals surface area contributed by atoms with Crippen molar-refractivity contribution in [1.29, 1.82) is 0 Å². The first-order chi connectivity index (χ1) is 10.1. The fraction of sp³-hybridized carbons (Fsp3) is 0.600. The van der Waals surface area contributed by atoms with E-state index in [0.29, 0.717) is 18.2 Å². The van der Waals surface area contributed by atoms with E-state index in [-0.39, 0.29) is 4.99 Å². The Bertz CT molecular complexity index is 443. The van der Waals surface area contributed by atoms with Crippen LogP contribution in [0.3, 0.4) is 0 Å². The van der Waals surface area contributed by atoms with Crippen molar-refractivity contribution in [3.63, 3.8) is 0 Å². The zero-order chi connectivity index (χ0) is 15.7. The van der Waals surface area contributed by atoms with E-state index in [1.165, 1.54) is 0 Å². The SMILES string of the molecule is CCCCSC(c1ccc(Cl)cc1)P(=O)(OCC)OCC. The van der Waals surface area contributed by atoms with Gasteiger partial charge in [0.05, 0.1) is 13.2 Å². The smallest absolute Gasteiger partial charge is 0.308 e. The van der Waals surface area contributed by atoms with Crippen LogP contribution in [0.1, 0.15) is 44.2 Å². The molecule has 0 saturated heterocycles. The second kappa shape index (κ2) is 9.91. The topological polar surface area (TPSA) is 35.5 Å². The maximum atomic E-state index is 13.1. The normalized spacial score (nSPS) is 13.3. The summed E-state index contributed by atoms with van der Waals surface area (Å²) in [7, 11) is -3.19. The van der Waals surface area contributed by atoms with Gasteiger partial charge < -0.3 is 9.05 Å². The first-order valence-corrected chi connectivity index (χ1v) is 10.4. The van der Waals surface area contributed by atoms with Crippen LogP contribution in [-0.2, 0) is 13.6 Å². The Kier molecular flexibility index (Phi) is 9.00. The van der Waals surface area contributed by atoms with Crippen LogP contribution in [0.25, 0.3) is 0 Å². The summed E-state index contributed by atoms with van der Waals surface area (Å²) >= 11 is 7.58. The zero-order valence-electron chi connectivity index (χ0n) is 12.9. The number of hydrogen-bond acceptors (Lipinski definition) is 4. The minimum absolute atomic E-state index is 0.304. The van der Waals surface area contributed by atoms with Crippen LogP contribution in [-0.4, -0.2) is 19.0 Å². The summed E-state index contributed by atoms with van der Waals surface area (Å²) in [6.45, 7) is 6.55. The Hall–Kier alpha value is 0.01000. The maximum absolute atomic E-state index is 13.1. The van der Waals surface area contributed by atoms with Gasteiger partial charge in [0.2, 0.25) is 0 Å². The molecule has 0 aliphatic rings. The number of rotatable bonds is 10. The number of thioether (sulfide) groups is 1. The number of unbranched alkanes of at least 4 members (excludes halogenated alkanes) is 1. The molecular weight excluding hydrogens is 327 g/mol. The van der Waals surface area contributed by atoms with Crippen LogP contribution in [0.2, 0.25) is 5.02 Å². The zero-order valence-corrected chi connectivity index (χ0v) is 15.3. The molecule has 1 rings (SSSR count). The molecule has 3 nitrogen and oxygen atoms in total. The van der Waals surface area contributed by atoms with E-state index < -0.39 is 7.60 Å². The quantitative estimate of drug-likeness (QED) is 0.375. The second-order valence-corrected chi connectivity index (χ2v) is 8.61. The molecule has 0 radical (unpaired) electrons. The molecule has 0 bridgehead atoms. The Labute approximate surface area is 137 Å². The van der Waals surface area contributed by atoms with Gasteiger partial charge in [0.1, 0.15) is 4.99 Å². The summed E-state index contributed by atoms with van der Waals surface area (Å²) in [5.74, 6) is 0.925. The van der Waals surface area contributed by atoms with E-state index in [1.54, 1.807) is 11.8 Å². The van der Waals surface area contributed by atoms with Crippen molar-refractivity contribution in [2.45, 2.75) is 38.6 Å². The fourth-order valence-corrected chi connectivity index (χ4v) is 6.04. The van der Waals surface area contributed by atoms with Crippen LogP contribution in [0.5, 0.6) is 0 Å². The highest BCUT2D eigenvalue weighted by Gasteiger charge is 2.37. The van der Waals surface area contributed by atoms with Crippen LogP contribution in [0, 0.1) is 0 Å². The van der Waals surface area contributed by atoms with E-state index in [1.807, 2.05) is 38.1 Å². The summed E-state index contributed by atoms with van der Waals surface area (Å²) in [6, 6.07) is 7.42. The molecule has 1 aromatic carbocycles. The van der Waals surface area contributed by atoms with Crippen molar-refractivity contribution >= 4 is 31.0 Å². The van der Waals surface area contributed by atoms with E-state index in [9.17, 15) is 4.57 Å². The summed E-state index contributed by atoms with van der Waals surface area (Å²) in [5, 5.41) is 0.665. The monoisotopic (exact) mass is 350 g/mol. The maximum Gasteiger partial charge on any atom is 0.347 e. The minimum Gasteiger partial charge on any atom is -0.308 e. The van der Waals surface area contributed by atoms with E-state index in [4.69, 9.17) is 20.6 Å². The molecule has 0 saturated carbocycles. The van der Waals surface area contributed by atoms with Crippen molar-refractivity contribution in [2.24, 2.45) is 0 Å². The first-order valence-electron chi connectivity index (χ1n) is 7.33. The number of hydrogen-bond donors (Lipinski definition) is 0. The predicted octanol–water partition coefficient (Wildman–Crippen LogP) is 6.14. The van der Waals surface area contributed by atoms with Crippen molar-refractivity contribution in [3.05, 3.63) is 34.9 Å². The highest BCUT2D eigenvalue weighted by molar-refractivity contribution is 8.04. The summed E-state index contributed by atoms with van der Waals surface area (Å²) in [6.07, 6.45) is 2.18. The van der Waals surface area contributed by atoms with Gasteiger partial charge >= 0.3 is 7.60 Å². The average Bonchev–Trinajstić information content (AvgIpc) is 2.45. The van der Waals surface area contributed by atoms with Crippen LogP contribution in [0.4, 0.5) is 0 Å². The second-order valence-electron chi connectivity index (χ2n) is 4.50. The third-order valence-corrected chi connectivity index (χ3v) is 7.53. The molecule has 0 aliphatic heterocycles. The molecule has 120 valence electrons. The van der Waals surface area contributed by atoms with Gasteiger partial charge in [-0.25, -0.2) is 0 Å². The Balaban J connectivity index is 3.03. The van der Waals surface area contributed by atoms with Crippen molar-refractivity contribution < 1.29 is 13.6 Å². The lowest BCUT2D eigenvalue weighted by Gasteiger charge is -2.26. The van der Waals surface area contributed by atoms with Gasteiger partial charge in [0.25, 0.3) is 0 Å². The number of halogens is 1. The van der Waals surface area contributed by atoms with Gasteiger partial charge in [-0.3, -0.25) is 4.57 Å². The lowest BCUT2D eigenvalue weighted by Crippen LogP contribution is -2.05. The molecule has 1 aromatic rings. The van der Waals surface area contributed by atoms with Crippen molar-refractivity contribution in [3.8, 4) is 0 Å². The average molecular weight is 351 g/mol. The van der Waals surface area contributed by atoms with Gasteiger partial charge in [-0.05, 0) is 43.7 Å². The summed E-state index contributed by atoms with van der Waals surface area (Å²) in [4.78, 5) is -0.304. The van der Waals surface area contributed by atoms with Gasteiger partial charge in [-0.2, -0.15) is 0 Å². The fourth-order valence-electron chi connectivity index (χ4n) is 1.87. The minimum atomic E-state index is -3.19. The largest absolute Gasteiger partial charge is 0.347 e. The number of benzene rings is 1. The van der Waals surface area contributed by atoms with Gasteiger partial charge in [-0.1, -0.05) is 37.1 Å². The predicted molar refractivity (Wildman–Crippen MR) is 92.4 cm³/mol. The molecular formula is C15H24ClO3PS. The van der Waals surface area contributed by atoms with Crippen molar-refractivity contribution in [1.82, 2.24) is 0 Å². The van der Waals surface area contributed by atoms with Crippen molar-refractivity contribution in [2.75, 3.05) is 19.0 Å². The van der Waals surface area contributed by atoms with Gasteiger partial charge in [0.15, 0.2) is 0 Å². The summed E-state index contributed by atoms with van der Waals surface area (Å²) in [5.41, 5.74) is 0.936. The van der Waals surface area contributed by atoms with Gasteiger partial charge in [-0.15, -0.1) is 11.8 Å². The van der Waals surface area contributed by atoms with E-state index >= 15 is 0 Å². The lowest BCUT2D eigenvalue weighted by molar-refractivity contribution is 0.218. The molecule has 0 aliphatic carbocycles. The van der Waals surface area contributed by atoms with E-state index in [0.717, 1.165) is 24.2 Å². The Morgan fingerprint density at radius 2 is 1.71 bits per heavy atom. The van der Waals surface area contributed by atoms with Crippen LogP contribution < -0.4 is 0 Å². The highest BCUT2D eigenvalue weighted by Crippen LogP contribution is 2.65. The molecule has 1 unspecified atom stereocenters. The third kappa shape index (κ3) is 5.96. The molecule has 0 heterocycles.